The van der Waals surface area contributed by atoms with Crippen LogP contribution in [-0.4, -0.2) is 18.9 Å². The molecule has 0 radical (unpaired) electrons. The summed E-state index contributed by atoms with van der Waals surface area (Å²) in [6, 6.07) is 8.40. The van der Waals surface area contributed by atoms with Gasteiger partial charge in [-0.15, -0.1) is 0 Å². The number of carbonyl (C=O) groups is 1. The van der Waals surface area contributed by atoms with Gasteiger partial charge in [0, 0.05) is 0 Å². The number of benzene rings is 1. The van der Waals surface area contributed by atoms with Crippen LogP contribution in [0.5, 0.6) is 0 Å². The number of unbranched alkanes of at least 4 members (excludes halogenated alkanes) is 6. The molecule has 0 bridgehead atoms. The average Bonchev–Trinajstić information content (AvgIpc) is 2.66. The van der Waals surface area contributed by atoms with Crippen molar-refractivity contribution in [3.05, 3.63) is 35.4 Å². The minimum Gasteiger partial charge on any atom is -0.436 e. The maximum absolute atomic E-state index is 12.1. The van der Waals surface area contributed by atoms with Crippen LogP contribution >= 0.6 is 0 Å². The Morgan fingerprint density at radius 3 is 2.14 bits per heavy atom. The van der Waals surface area contributed by atoms with Crippen molar-refractivity contribution in [1.29, 1.82) is 0 Å². The first-order valence-electron chi connectivity index (χ1n) is 11.4. The summed E-state index contributed by atoms with van der Waals surface area (Å²) in [4.78, 5) is 12.1. The second kappa shape index (κ2) is 15.6. The molecule has 0 spiro atoms. The van der Waals surface area contributed by atoms with E-state index >= 15 is 0 Å². The van der Waals surface area contributed by atoms with Gasteiger partial charge in [0.15, 0.2) is 6.29 Å². The summed E-state index contributed by atoms with van der Waals surface area (Å²) < 4.78 is 11.0. The van der Waals surface area contributed by atoms with Gasteiger partial charge in [-0.3, -0.25) is 4.79 Å². The molecule has 1 rings (SSSR count). The number of hydrogen-bond donors (Lipinski definition) is 0. The fourth-order valence-corrected chi connectivity index (χ4v) is 3.42. The van der Waals surface area contributed by atoms with Crippen LogP contribution < -0.4 is 0 Å². The molecule has 1 aromatic rings. The van der Waals surface area contributed by atoms with E-state index < -0.39 is 6.29 Å². The molecule has 0 heterocycles. The molecule has 0 saturated carbocycles. The largest absolute Gasteiger partial charge is 0.436 e. The number of ether oxygens (including phenoxy) is 2. The Morgan fingerprint density at radius 1 is 0.857 bits per heavy atom. The first kappa shape index (κ1) is 24.7. The molecule has 0 N–H and O–H groups in total. The van der Waals surface area contributed by atoms with E-state index in [9.17, 15) is 4.79 Å². The highest BCUT2D eigenvalue weighted by Crippen LogP contribution is 2.16. The van der Waals surface area contributed by atoms with Crippen molar-refractivity contribution in [2.75, 3.05) is 6.61 Å². The highest BCUT2D eigenvalue weighted by molar-refractivity contribution is 5.72. The number of esters is 1. The molecule has 160 valence electrons. The summed E-state index contributed by atoms with van der Waals surface area (Å²) >= 11 is 0. The smallest absolute Gasteiger partial charge is 0.312 e. The van der Waals surface area contributed by atoms with Crippen molar-refractivity contribution in [3.8, 4) is 0 Å². The Hall–Kier alpha value is -1.35. The van der Waals surface area contributed by atoms with Crippen molar-refractivity contribution in [3.63, 3.8) is 0 Å². The van der Waals surface area contributed by atoms with Gasteiger partial charge in [-0.25, -0.2) is 0 Å². The van der Waals surface area contributed by atoms with Gasteiger partial charge in [-0.05, 0) is 36.8 Å². The fraction of sp³-hybridized carbons (Fsp3) is 0.720. The van der Waals surface area contributed by atoms with Gasteiger partial charge in [-0.1, -0.05) is 96.4 Å². The Balaban J connectivity index is 2.24. The molecular formula is C25H42O3. The third-order valence-corrected chi connectivity index (χ3v) is 5.15. The molecular weight excluding hydrogens is 348 g/mol. The minimum atomic E-state index is -0.470. The SMILES string of the molecule is CCCCCCCOC(C)OC(=O)Cc1ccc(CC(C)CCCCC)cc1. The average molecular weight is 391 g/mol. The second-order valence-electron chi connectivity index (χ2n) is 8.14. The molecule has 2 unspecified atom stereocenters. The number of rotatable bonds is 16. The molecule has 0 fully saturated rings. The lowest BCUT2D eigenvalue weighted by molar-refractivity contribution is -0.174. The Labute approximate surface area is 173 Å². The van der Waals surface area contributed by atoms with E-state index in [1.165, 1.54) is 56.9 Å². The molecule has 0 aliphatic carbocycles. The van der Waals surface area contributed by atoms with E-state index in [-0.39, 0.29) is 5.97 Å². The lowest BCUT2D eigenvalue weighted by atomic mass is 9.95. The monoisotopic (exact) mass is 390 g/mol. The van der Waals surface area contributed by atoms with Crippen molar-refractivity contribution >= 4 is 5.97 Å². The van der Waals surface area contributed by atoms with Crippen molar-refractivity contribution in [2.24, 2.45) is 5.92 Å². The molecule has 1 aromatic carbocycles. The Kier molecular flexibility index (Phi) is 13.7. The number of carbonyl (C=O) groups excluding carboxylic acids is 1. The highest BCUT2D eigenvalue weighted by Gasteiger charge is 2.11. The van der Waals surface area contributed by atoms with Crippen LogP contribution in [0.15, 0.2) is 24.3 Å². The van der Waals surface area contributed by atoms with Gasteiger partial charge in [0.05, 0.1) is 13.0 Å². The van der Waals surface area contributed by atoms with Crippen molar-refractivity contribution in [2.45, 2.75) is 105 Å². The molecule has 3 heteroatoms. The van der Waals surface area contributed by atoms with Gasteiger partial charge in [0.25, 0.3) is 0 Å². The zero-order chi connectivity index (χ0) is 20.6. The summed E-state index contributed by atoms with van der Waals surface area (Å²) in [5, 5.41) is 0. The normalized spacial score (nSPS) is 13.3. The van der Waals surface area contributed by atoms with E-state index in [1.54, 1.807) is 6.92 Å². The standard InChI is InChI=1S/C25H42O3/c1-5-7-9-10-12-18-27-22(4)28-25(26)20-24-16-14-23(15-17-24)19-21(3)13-11-8-6-2/h14-17,21-22H,5-13,18-20H2,1-4H3. The topological polar surface area (TPSA) is 35.5 Å². The van der Waals surface area contributed by atoms with Gasteiger partial charge >= 0.3 is 5.97 Å². The minimum absolute atomic E-state index is 0.223. The van der Waals surface area contributed by atoms with E-state index in [2.05, 4.69) is 45.0 Å². The number of hydrogen-bond acceptors (Lipinski definition) is 3. The maximum Gasteiger partial charge on any atom is 0.312 e. The van der Waals surface area contributed by atoms with Crippen LogP contribution in [0.4, 0.5) is 0 Å². The molecule has 0 aromatic heterocycles. The summed E-state index contributed by atoms with van der Waals surface area (Å²) in [6.45, 7) is 9.24. The molecule has 0 amide bonds. The zero-order valence-corrected chi connectivity index (χ0v) is 18.7. The molecule has 0 aliphatic rings. The van der Waals surface area contributed by atoms with E-state index in [0.717, 1.165) is 18.4 Å². The Bertz CT molecular complexity index is 509. The summed E-state index contributed by atoms with van der Waals surface area (Å²) in [5.74, 6) is 0.488. The molecule has 0 aliphatic heterocycles. The zero-order valence-electron chi connectivity index (χ0n) is 18.7. The summed E-state index contributed by atoms with van der Waals surface area (Å²) in [6.07, 6.45) is 12.1. The summed E-state index contributed by atoms with van der Waals surface area (Å²) in [5.41, 5.74) is 2.35. The van der Waals surface area contributed by atoms with E-state index in [0.29, 0.717) is 18.9 Å². The van der Waals surface area contributed by atoms with Crippen LogP contribution in [0.25, 0.3) is 0 Å². The van der Waals surface area contributed by atoms with Gasteiger partial charge < -0.3 is 9.47 Å². The molecule has 0 saturated heterocycles. The highest BCUT2D eigenvalue weighted by atomic mass is 16.7. The van der Waals surface area contributed by atoms with Crippen molar-refractivity contribution in [1.82, 2.24) is 0 Å². The van der Waals surface area contributed by atoms with Crippen LogP contribution in [0.1, 0.15) is 96.6 Å². The lowest BCUT2D eigenvalue weighted by Gasteiger charge is -2.14. The van der Waals surface area contributed by atoms with E-state index in [1.807, 2.05) is 0 Å². The first-order valence-corrected chi connectivity index (χ1v) is 11.4. The lowest BCUT2D eigenvalue weighted by Crippen LogP contribution is -2.20. The summed E-state index contributed by atoms with van der Waals surface area (Å²) in [7, 11) is 0. The van der Waals surface area contributed by atoms with Crippen LogP contribution in [0.2, 0.25) is 0 Å². The van der Waals surface area contributed by atoms with Gasteiger partial charge in [-0.2, -0.15) is 0 Å². The molecule has 2 atom stereocenters. The van der Waals surface area contributed by atoms with Crippen LogP contribution in [0, 0.1) is 5.92 Å². The molecule has 3 nitrogen and oxygen atoms in total. The van der Waals surface area contributed by atoms with Gasteiger partial charge in [0.2, 0.25) is 0 Å². The van der Waals surface area contributed by atoms with Crippen molar-refractivity contribution < 1.29 is 14.3 Å². The quantitative estimate of drug-likeness (QED) is 0.176. The third kappa shape index (κ3) is 12.2. The predicted molar refractivity (Wildman–Crippen MR) is 117 cm³/mol. The van der Waals surface area contributed by atoms with Crippen LogP contribution in [-0.2, 0) is 27.1 Å². The second-order valence-corrected chi connectivity index (χ2v) is 8.14. The van der Waals surface area contributed by atoms with Crippen LogP contribution in [0.3, 0.4) is 0 Å². The maximum atomic E-state index is 12.1. The van der Waals surface area contributed by atoms with Gasteiger partial charge in [0.1, 0.15) is 0 Å². The Morgan fingerprint density at radius 2 is 1.46 bits per heavy atom. The predicted octanol–water partition coefficient (Wildman–Crippen LogP) is 6.86. The van der Waals surface area contributed by atoms with E-state index in [4.69, 9.17) is 9.47 Å². The molecule has 28 heavy (non-hydrogen) atoms. The fourth-order valence-electron chi connectivity index (χ4n) is 3.42. The third-order valence-electron chi connectivity index (χ3n) is 5.15. The first-order chi connectivity index (χ1) is 13.5.